The van der Waals surface area contributed by atoms with Crippen LogP contribution in [-0.2, 0) is 10.1 Å². The van der Waals surface area contributed by atoms with Crippen LogP contribution in [0.15, 0.2) is 110 Å². The van der Waals surface area contributed by atoms with E-state index in [2.05, 4.69) is 20.5 Å². The lowest BCUT2D eigenvalue weighted by Crippen LogP contribution is -2.00. The number of phenols is 2. The van der Waals surface area contributed by atoms with E-state index in [-0.39, 0.29) is 27.9 Å². The zero-order valence-corrected chi connectivity index (χ0v) is 23.6. The van der Waals surface area contributed by atoms with Crippen molar-refractivity contribution >= 4 is 49.3 Å². The number of benzene rings is 5. The van der Waals surface area contributed by atoms with Crippen LogP contribution in [0, 0.1) is 0 Å². The van der Waals surface area contributed by atoms with Crippen molar-refractivity contribution in [2.24, 2.45) is 20.5 Å². The first kappa shape index (κ1) is 29.0. The highest BCUT2D eigenvalue weighted by molar-refractivity contribution is 7.86. The van der Waals surface area contributed by atoms with Gasteiger partial charge in [-0.15, -0.1) is 15.3 Å². The minimum atomic E-state index is -4.55. The summed E-state index contributed by atoms with van der Waals surface area (Å²) in [7, 11) is -1.54. The molecule has 218 valence electrons. The highest BCUT2D eigenvalue weighted by atomic mass is 32.2. The van der Waals surface area contributed by atoms with Gasteiger partial charge >= 0.3 is 0 Å². The second-order valence-corrected chi connectivity index (χ2v) is 10.6. The van der Waals surface area contributed by atoms with Crippen molar-refractivity contribution in [3.63, 3.8) is 0 Å². The van der Waals surface area contributed by atoms with E-state index in [0.717, 1.165) is 17.2 Å². The van der Waals surface area contributed by atoms with Crippen LogP contribution < -0.4 is 15.2 Å². The standard InChI is InChI=1S/C30H25N5O7S/c1-41-26-15-17(3-11-23(26)33-32-19-5-7-20(36)8-6-19)18-4-12-24(27(16-18)42-2)34-35-25-13-9-21-28(43(38,39)40)14-10-22(31)29(21)30(25)37/h3-16,36-37H,31H2,1-2H3,(H,38,39,40). The fraction of sp³-hybridized carbons (Fsp3) is 0.0667. The van der Waals surface area contributed by atoms with E-state index < -0.39 is 20.8 Å². The molecule has 12 nitrogen and oxygen atoms in total. The third kappa shape index (κ3) is 6.07. The van der Waals surface area contributed by atoms with E-state index in [1.165, 1.54) is 44.6 Å². The zero-order valence-electron chi connectivity index (χ0n) is 22.8. The van der Waals surface area contributed by atoms with Crippen molar-refractivity contribution in [1.82, 2.24) is 0 Å². The van der Waals surface area contributed by atoms with Crippen LogP contribution in [0.5, 0.6) is 23.0 Å². The number of hydrogen-bond donors (Lipinski definition) is 4. The van der Waals surface area contributed by atoms with Gasteiger partial charge in [0.15, 0.2) is 5.75 Å². The molecule has 5 aromatic carbocycles. The highest BCUT2D eigenvalue weighted by Crippen LogP contribution is 2.42. The van der Waals surface area contributed by atoms with Gasteiger partial charge in [-0.3, -0.25) is 4.55 Å². The Morgan fingerprint density at radius 2 is 1.21 bits per heavy atom. The van der Waals surface area contributed by atoms with Crippen molar-refractivity contribution in [1.29, 1.82) is 0 Å². The molecule has 0 aliphatic heterocycles. The maximum absolute atomic E-state index is 11.8. The molecule has 0 radical (unpaired) electrons. The summed E-state index contributed by atoms with van der Waals surface area (Å²) in [4.78, 5) is -0.391. The third-order valence-electron chi connectivity index (χ3n) is 6.48. The molecule has 0 aliphatic rings. The summed E-state index contributed by atoms with van der Waals surface area (Å²) in [5.74, 6) is 0.628. The number of azo groups is 2. The number of nitrogens with two attached hydrogens (primary N) is 1. The molecule has 5 N–H and O–H groups in total. The van der Waals surface area contributed by atoms with Gasteiger partial charge < -0.3 is 25.4 Å². The Balaban J connectivity index is 1.44. The molecular weight excluding hydrogens is 574 g/mol. The van der Waals surface area contributed by atoms with Crippen LogP contribution in [-0.4, -0.2) is 37.4 Å². The molecule has 5 rings (SSSR count). The van der Waals surface area contributed by atoms with Crippen LogP contribution in [0.3, 0.4) is 0 Å². The molecule has 0 saturated carbocycles. The molecule has 0 amide bonds. The smallest absolute Gasteiger partial charge is 0.295 e. The van der Waals surface area contributed by atoms with Crippen LogP contribution in [0.25, 0.3) is 21.9 Å². The van der Waals surface area contributed by atoms with Crippen molar-refractivity contribution in [2.45, 2.75) is 4.90 Å². The van der Waals surface area contributed by atoms with Gasteiger partial charge in [0.2, 0.25) is 0 Å². The molecule has 0 aromatic heterocycles. The molecule has 0 heterocycles. The van der Waals surface area contributed by atoms with Crippen LogP contribution in [0.1, 0.15) is 0 Å². The number of ether oxygens (including phenoxy) is 2. The van der Waals surface area contributed by atoms with E-state index in [1.807, 2.05) is 6.07 Å². The summed E-state index contributed by atoms with van der Waals surface area (Å²) in [6.07, 6.45) is 0. The Kier molecular flexibility index (Phi) is 7.92. The largest absolute Gasteiger partial charge is 0.508 e. The van der Waals surface area contributed by atoms with Gasteiger partial charge in [-0.05, 0) is 77.9 Å². The number of nitrogen functional groups attached to an aromatic ring is 1. The fourth-order valence-corrected chi connectivity index (χ4v) is 5.03. The maximum Gasteiger partial charge on any atom is 0.295 e. The van der Waals surface area contributed by atoms with Gasteiger partial charge in [-0.25, -0.2) is 0 Å². The summed E-state index contributed by atoms with van der Waals surface area (Å²) in [5, 5.41) is 37.1. The molecule has 5 aromatic rings. The zero-order chi connectivity index (χ0) is 30.7. The lowest BCUT2D eigenvalue weighted by Gasteiger charge is -2.11. The number of nitrogens with zero attached hydrogens (tertiary/aromatic N) is 4. The van der Waals surface area contributed by atoms with Gasteiger partial charge in [0.05, 0.1) is 25.3 Å². The highest BCUT2D eigenvalue weighted by Gasteiger charge is 2.19. The topological polar surface area (TPSA) is 189 Å². The van der Waals surface area contributed by atoms with Gasteiger partial charge in [0, 0.05) is 11.1 Å². The SMILES string of the molecule is COc1cc(-c2ccc(N=Nc3ccc4c(S(=O)(=O)O)ccc(N)c4c3O)c(OC)c2)ccc1N=Nc1ccc(O)cc1. The first-order valence-electron chi connectivity index (χ1n) is 12.6. The molecule has 0 atom stereocenters. The quantitative estimate of drug-likeness (QED) is 0.0796. The van der Waals surface area contributed by atoms with Crippen LogP contribution >= 0.6 is 0 Å². The van der Waals surface area contributed by atoms with E-state index in [9.17, 15) is 23.2 Å². The average Bonchev–Trinajstić information content (AvgIpc) is 2.99. The molecule has 43 heavy (non-hydrogen) atoms. The van der Waals surface area contributed by atoms with Crippen molar-refractivity contribution < 1.29 is 32.7 Å². The van der Waals surface area contributed by atoms with Gasteiger partial charge in [-0.1, -0.05) is 18.2 Å². The molecule has 13 heteroatoms. The fourth-order valence-electron chi connectivity index (χ4n) is 4.34. The lowest BCUT2D eigenvalue weighted by molar-refractivity contribution is 0.415. The monoisotopic (exact) mass is 599 g/mol. The van der Waals surface area contributed by atoms with Crippen LogP contribution in [0.4, 0.5) is 28.4 Å². The number of aromatic hydroxyl groups is 2. The number of hydrogen-bond acceptors (Lipinski definition) is 11. The first-order chi connectivity index (χ1) is 20.6. The Morgan fingerprint density at radius 3 is 1.77 bits per heavy atom. The summed E-state index contributed by atoms with van der Waals surface area (Å²) < 4.78 is 44.1. The number of methoxy groups -OCH3 is 2. The predicted molar refractivity (Wildman–Crippen MR) is 161 cm³/mol. The molecule has 0 saturated heterocycles. The Bertz CT molecular complexity index is 2010. The molecule has 0 aliphatic carbocycles. The van der Waals surface area contributed by atoms with Crippen molar-refractivity contribution in [2.75, 3.05) is 20.0 Å². The van der Waals surface area contributed by atoms with Crippen molar-refractivity contribution in [3.8, 4) is 34.1 Å². The first-order valence-corrected chi connectivity index (χ1v) is 14.0. The lowest BCUT2D eigenvalue weighted by atomic mass is 10.0. The minimum Gasteiger partial charge on any atom is -0.508 e. The van der Waals surface area contributed by atoms with E-state index in [0.29, 0.717) is 28.6 Å². The van der Waals surface area contributed by atoms with Gasteiger partial charge in [0.1, 0.15) is 39.2 Å². The average molecular weight is 600 g/mol. The van der Waals surface area contributed by atoms with Crippen LogP contribution in [0.2, 0.25) is 0 Å². The van der Waals surface area contributed by atoms with E-state index >= 15 is 0 Å². The molecule has 0 bridgehead atoms. The Labute approximate surface area is 246 Å². The van der Waals surface area contributed by atoms with Gasteiger partial charge in [0.25, 0.3) is 10.1 Å². The third-order valence-corrected chi connectivity index (χ3v) is 7.40. The van der Waals surface area contributed by atoms with E-state index in [1.54, 1.807) is 42.5 Å². The maximum atomic E-state index is 11.8. The number of phenolic OH excluding ortho intramolecular Hbond substituents is 2. The van der Waals surface area contributed by atoms with Crippen molar-refractivity contribution in [3.05, 3.63) is 84.9 Å². The Morgan fingerprint density at radius 1 is 0.674 bits per heavy atom. The minimum absolute atomic E-state index is 0.0221. The molecule has 0 unspecified atom stereocenters. The predicted octanol–water partition coefficient (Wildman–Crippen LogP) is 7.59. The Hall–Kier alpha value is -5.53. The number of anilines is 1. The summed E-state index contributed by atoms with van der Waals surface area (Å²) in [6.45, 7) is 0. The molecular formula is C30H25N5O7S. The summed E-state index contributed by atoms with van der Waals surface area (Å²) in [5.41, 5.74) is 9.14. The number of rotatable bonds is 8. The summed E-state index contributed by atoms with van der Waals surface area (Å²) >= 11 is 0. The van der Waals surface area contributed by atoms with E-state index in [4.69, 9.17) is 15.2 Å². The molecule has 0 fully saturated rings. The number of fused-ring (bicyclic) bond motifs is 1. The van der Waals surface area contributed by atoms with Gasteiger partial charge in [-0.2, -0.15) is 13.5 Å². The second kappa shape index (κ2) is 11.8. The molecule has 0 spiro atoms. The normalized spacial score (nSPS) is 11.9. The second-order valence-electron chi connectivity index (χ2n) is 9.17. The summed E-state index contributed by atoms with van der Waals surface area (Å²) in [6, 6.07) is 22.2.